The van der Waals surface area contributed by atoms with Crippen molar-refractivity contribution in [1.82, 2.24) is 10.0 Å². The number of carbonyl (C=O) groups is 1. The van der Waals surface area contributed by atoms with Gasteiger partial charge in [-0.1, -0.05) is 49.6 Å². The number of nitrogens with one attached hydrogen (secondary N) is 2. The maximum Gasteiger partial charge on any atom is 0.322 e. The third-order valence-corrected chi connectivity index (χ3v) is 7.14. The molecule has 2 aromatic carbocycles. The van der Waals surface area contributed by atoms with Crippen LogP contribution in [0.2, 0.25) is 0 Å². The third kappa shape index (κ3) is 4.62. The van der Waals surface area contributed by atoms with Gasteiger partial charge in [-0.3, -0.25) is 4.90 Å². The van der Waals surface area contributed by atoms with E-state index in [4.69, 9.17) is 0 Å². The summed E-state index contributed by atoms with van der Waals surface area (Å²) >= 11 is 0. The van der Waals surface area contributed by atoms with E-state index in [1.54, 1.807) is 23.1 Å². The van der Waals surface area contributed by atoms with Crippen molar-refractivity contribution in [1.29, 1.82) is 0 Å². The average molecular weight is 414 g/mol. The van der Waals surface area contributed by atoms with Gasteiger partial charge in [-0.25, -0.2) is 17.9 Å². The van der Waals surface area contributed by atoms with Crippen LogP contribution in [0.25, 0.3) is 0 Å². The molecule has 2 aromatic rings. The Morgan fingerprint density at radius 2 is 1.79 bits per heavy atom. The van der Waals surface area contributed by atoms with Crippen molar-refractivity contribution >= 4 is 21.7 Å². The minimum absolute atomic E-state index is 0.0755. The van der Waals surface area contributed by atoms with Crippen LogP contribution in [0.1, 0.15) is 43.2 Å². The van der Waals surface area contributed by atoms with Gasteiger partial charge >= 0.3 is 6.03 Å². The fourth-order valence-electron chi connectivity index (χ4n) is 4.11. The fourth-order valence-corrected chi connectivity index (χ4v) is 5.18. The zero-order valence-corrected chi connectivity index (χ0v) is 17.2. The van der Waals surface area contributed by atoms with E-state index < -0.39 is 10.0 Å². The number of nitrogens with zero attached hydrogens (tertiary/aromatic N) is 1. The molecule has 7 heteroatoms. The summed E-state index contributed by atoms with van der Waals surface area (Å²) in [6.07, 6.45) is 6.31. The Bertz CT molecular complexity index is 970. The molecule has 0 bridgehead atoms. The van der Waals surface area contributed by atoms with Gasteiger partial charge in [0.1, 0.15) is 0 Å². The van der Waals surface area contributed by atoms with Gasteiger partial charge in [0.2, 0.25) is 10.0 Å². The molecular formula is C22H27N3O3S. The van der Waals surface area contributed by atoms with Gasteiger partial charge < -0.3 is 5.32 Å². The first kappa shape index (κ1) is 19.9. The van der Waals surface area contributed by atoms with Crippen molar-refractivity contribution in [2.45, 2.75) is 56.0 Å². The van der Waals surface area contributed by atoms with Crippen LogP contribution in [0.5, 0.6) is 0 Å². The van der Waals surface area contributed by atoms with Crippen molar-refractivity contribution in [3.63, 3.8) is 0 Å². The van der Waals surface area contributed by atoms with Gasteiger partial charge in [-0.05, 0) is 48.6 Å². The van der Waals surface area contributed by atoms with Crippen LogP contribution in [0.15, 0.2) is 53.4 Å². The Hall–Kier alpha value is -2.38. The van der Waals surface area contributed by atoms with Gasteiger partial charge in [0.15, 0.2) is 0 Å². The molecule has 1 heterocycles. The molecule has 0 aromatic heterocycles. The predicted octanol–water partition coefficient (Wildman–Crippen LogP) is 3.57. The van der Waals surface area contributed by atoms with E-state index in [9.17, 15) is 13.2 Å². The highest BCUT2D eigenvalue weighted by Crippen LogP contribution is 2.30. The molecule has 0 saturated heterocycles. The van der Waals surface area contributed by atoms with Crippen LogP contribution >= 0.6 is 0 Å². The molecule has 154 valence electrons. The molecule has 29 heavy (non-hydrogen) atoms. The molecule has 2 amide bonds. The minimum Gasteiger partial charge on any atom is -0.335 e. The lowest BCUT2D eigenvalue weighted by atomic mass is 9.96. The summed E-state index contributed by atoms with van der Waals surface area (Å²) < 4.78 is 28.0. The number of carbonyl (C=O) groups excluding carboxylic acids is 1. The second-order valence-electron chi connectivity index (χ2n) is 7.79. The van der Waals surface area contributed by atoms with Crippen molar-refractivity contribution in [3.05, 3.63) is 59.7 Å². The number of hydrogen-bond donors (Lipinski definition) is 2. The number of fused-ring (bicyclic) bond motifs is 1. The van der Waals surface area contributed by atoms with Crippen LogP contribution in [0.4, 0.5) is 10.5 Å². The number of urea groups is 1. The summed E-state index contributed by atoms with van der Waals surface area (Å²) in [6.45, 7) is 0.824. The molecular weight excluding hydrogens is 386 g/mol. The standard InChI is InChI=1S/C22H27N3O3S/c26-22(24-19-9-5-2-6-10-19)25-14-13-18-15-20(11-12-21(18)25)29(27,28)23-16-17-7-3-1-4-8-17/h1,3-4,7-8,11-12,15,19,23H,2,5-6,9-10,13-14,16H2,(H,24,26). The maximum absolute atomic E-state index is 12.7. The second kappa shape index (κ2) is 8.55. The Morgan fingerprint density at radius 3 is 2.55 bits per heavy atom. The number of anilines is 1. The zero-order chi connectivity index (χ0) is 20.3. The first-order valence-electron chi connectivity index (χ1n) is 10.3. The van der Waals surface area contributed by atoms with Crippen LogP contribution in [0, 0.1) is 0 Å². The highest BCUT2D eigenvalue weighted by molar-refractivity contribution is 7.89. The predicted molar refractivity (Wildman–Crippen MR) is 113 cm³/mol. The molecule has 6 nitrogen and oxygen atoms in total. The summed E-state index contributed by atoms with van der Waals surface area (Å²) in [5, 5.41) is 3.14. The molecule has 0 radical (unpaired) electrons. The van der Waals surface area contributed by atoms with Gasteiger partial charge in [0.05, 0.1) is 4.90 Å². The molecule has 0 spiro atoms. The summed E-state index contributed by atoms with van der Waals surface area (Å²) in [7, 11) is -3.61. The number of benzene rings is 2. The van der Waals surface area contributed by atoms with Crippen molar-refractivity contribution in [2.75, 3.05) is 11.4 Å². The smallest absolute Gasteiger partial charge is 0.322 e. The molecule has 4 rings (SSSR count). The van der Waals surface area contributed by atoms with Crippen molar-refractivity contribution in [2.24, 2.45) is 0 Å². The lowest BCUT2D eigenvalue weighted by Crippen LogP contribution is -2.45. The van der Waals surface area contributed by atoms with Crippen molar-refractivity contribution < 1.29 is 13.2 Å². The topological polar surface area (TPSA) is 78.5 Å². The normalized spacial score (nSPS) is 17.2. The Kier molecular flexibility index (Phi) is 5.87. The second-order valence-corrected chi connectivity index (χ2v) is 9.55. The summed E-state index contributed by atoms with van der Waals surface area (Å²) in [6, 6.07) is 14.6. The first-order chi connectivity index (χ1) is 14.0. The summed E-state index contributed by atoms with van der Waals surface area (Å²) in [4.78, 5) is 14.7. The Morgan fingerprint density at radius 1 is 1.03 bits per heavy atom. The highest BCUT2D eigenvalue weighted by atomic mass is 32.2. The molecule has 1 saturated carbocycles. The molecule has 2 aliphatic rings. The third-order valence-electron chi connectivity index (χ3n) is 5.74. The van der Waals surface area contributed by atoms with Gasteiger partial charge in [0, 0.05) is 24.8 Å². The average Bonchev–Trinajstić information content (AvgIpc) is 3.17. The Balaban J connectivity index is 1.44. The maximum atomic E-state index is 12.7. The fraction of sp³-hybridized carbons (Fsp3) is 0.409. The van der Waals surface area contributed by atoms with Crippen LogP contribution < -0.4 is 14.9 Å². The molecule has 0 unspecified atom stereocenters. The zero-order valence-electron chi connectivity index (χ0n) is 16.4. The van der Waals surface area contributed by atoms with Crippen LogP contribution in [-0.4, -0.2) is 27.0 Å². The molecule has 1 fully saturated rings. The number of sulfonamides is 1. The summed E-state index contributed by atoms with van der Waals surface area (Å²) in [5.74, 6) is 0. The van der Waals surface area contributed by atoms with Crippen LogP contribution in [-0.2, 0) is 23.0 Å². The largest absolute Gasteiger partial charge is 0.335 e. The quantitative estimate of drug-likeness (QED) is 0.787. The first-order valence-corrected chi connectivity index (χ1v) is 11.8. The van der Waals surface area contributed by atoms with Crippen LogP contribution in [0.3, 0.4) is 0 Å². The van der Waals surface area contributed by atoms with E-state index in [1.807, 2.05) is 30.3 Å². The molecule has 1 aliphatic heterocycles. The summed E-state index contributed by atoms with van der Waals surface area (Å²) in [5.41, 5.74) is 2.61. The number of amides is 2. The van der Waals surface area contributed by atoms with Crippen molar-refractivity contribution in [3.8, 4) is 0 Å². The SMILES string of the molecule is O=C(NC1CCCCC1)N1CCc2cc(S(=O)(=O)NCc3ccccc3)ccc21. The molecule has 1 aliphatic carbocycles. The van der Waals surface area contributed by atoms with E-state index in [0.717, 1.165) is 29.7 Å². The van der Waals surface area contributed by atoms with Gasteiger partial charge in [-0.15, -0.1) is 0 Å². The van der Waals surface area contributed by atoms with E-state index in [0.29, 0.717) is 13.0 Å². The van der Waals surface area contributed by atoms with E-state index in [2.05, 4.69) is 10.0 Å². The highest BCUT2D eigenvalue weighted by Gasteiger charge is 2.28. The molecule has 0 atom stereocenters. The number of hydrogen-bond acceptors (Lipinski definition) is 3. The van der Waals surface area contributed by atoms with Gasteiger partial charge in [0.25, 0.3) is 0 Å². The lowest BCUT2D eigenvalue weighted by molar-refractivity contribution is 0.238. The minimum atomic E-state index is -3.61. The van der Waals surface area contributed by atoms with E-state index in [-0.39, 0.29) is 23.5 Å². The molecule has 2 N–H and O–H groups in total. The van der Waals surface area contributed by atoms with E-state index >= 15 is 0 Å². The lowest BCUT2D eigenvalue weighted by Gasteiger charge is -2.26. The van der Waals surface area contributed by atoms with E-state index in [1.165, 1.54) is 19.3 Å². The Labute approximate surface area is 172 Å². The van der Waals surface area contributed by atoms with Gasteiger partial charge in [-0.2, -0.15) is 0 Å². The monoisotopic (exact) mass is 413 g/mol. The number of rotatable bonds is 5.